The Hall–Kier alpha value is -0.310. The molecule has 2 saturated carbocycles. The lowest BCUT2D eigenvalue weighted by Gasteiger charge is -2.23. The first-order valence-electron chi connectivity index (χ1n) is 5.77. The number of hydrogen-bond acceptors (Lipinski definition) is 1. The molecule has 1 N–H and O–H groups in total. The van der Waals surface area contributed by atoms with Gasteiger partial charge in [-0.15, -0.1) is 0 Å². The zero-order valence-corrected chi connectivity index (χ0v) is 9.78. The fourth-order valence-corrected chi connectivity index (χ4v) is 2.37. The first-order valence-corrected chi connectivity index (χ1v) is 6.18. The Morgan fingerprint density at radius 3 is 2.50 bits per heavy atom. The number of hydrogen-bond donors (Lipinski definition) is 1. The normalized spacial score (nSPS) is 22.4. The van der Waals surface area contributed by atoms with Gasteiger partial charge in [-0.05, 0) is 43.8 Å². The van der Waals surface area contributed by atoms with Gasteiger partial charge in [0.1, 0.15) is 0 Å². The molecule has 0 saturated heterocycles. The number of thiocarbonyl (C=S) groups is 1. The van der Waals surface area contributed by atoms with Crippen molar-refractivity contribution in [2.45, 2.75) is 44.6 Å². The van der Waals surface area contributed by atoms with Gasteiger partial charge < -0.3 is 10.2 Å². The van der Waals surface area contributed by atoms with Crippen molar-refractivity contribution in [3.63, 3.8) is 0 Å². The second-order valence-corrected chi connectivity index (χ2v) is 5.14. The summed E-state index contributed by atoms with van der Waals surface area (Å²) in [6.07, 6.45) is 8.14. The van der Waals surface area contributed by atoms with Crippen molar-refractivity contribution in [3.05, 3.63) is 0 Å². The monoisotopic (exact) mass is 212 g/mol. The predicted molar refractivity (Wildman–Crippen MR) is 63.3 cm³/mol. The zero-order chi connectivity index (χ0) is 9.97. The molecule has 2 aliphatic rings. The molecule has 2 fully saturated rings. The number of nitrogens with zero attached hydrogens (tertiary/aromatic N) is 1. The Kier molecular flexibility index (Phi) is 3.26. The van der Waals surface area contributed by atoms with E-state index in [4.69, 9.17) is 12.2 Å². The Morgan fingerprint density at radius 2 is 1.93 bits per heavy atom. The minimum Gasteiger partial charge on any atom is -0.360 e. The molecule has 0 aromatic rings. The highest BCUT2D eigenvalue weighted by Crippen LogP contribution is 2.29. The summed E-state index contributed by atoms with van der Waals surface area (Å²) in [6.45, 7) is 1.15. The quantitative estimate of drug-likeness (QED) is 0.722. The molecule has 80 valence electrons. The topological polar surface area (TPSA) is 15.3 Å². The summed E-state index contributed by atoms with van der Waals surface area (Å²) < 4.78 is 0. The molecule has 0 atom stereocenters. The third-order valence-electron chi connectivity index (χ3n) is 3.26. The summed E-state index contributed by atoms with van der Waals surface area (Å²) >= 11 is 5.37. The van der Waals surface area contributed by atoms with Gasteiger partial charge in [-0.3, -0.25) is 0 Å². The van der Waals surface area contributed by atoms with E-state index in [1.54, 1.807) is 0 Å². The number of rotatable bonds is 3. The van der Waals surface area contributed by atoms with E-state index in [-0.39, 0.29) is 0 Å². The average molecular weight is 212 g/mol. The summed E-state index contributed by atoms with van der Waals surface area (Å²) in [6, 6.07) is 0.657. The lowest BCUT2D eigenvalue weighted by molar-refractivity contribution is 0.453. The Balaban J connectivity index is 1.69. The third kappa shape index (κ3) is 2.84. The van der Waals surface area contributed by atoms with Crippen LogP contribution in [0, 0.1) is 5.92 Å². The standard InChI is InChI=1S/C11H20N2S/c1-13(8-9-6-7-9)11(14)12-10-4-2-3-5-10/h9-10H,2-8H2,1H3,(H,12,14). The fourth-order valence-electron chi connectivity index (χ4n) is 2.13. The molecule has 0 amide bonds. The van der Waals surface area contributed by atoms with Gasteiger partial charge in [0.15, 0.2) is 5.11 Å². The van der Waals surface area contributed by atoms with Gasteiger partial charge >= 0.3 is 0 Å². The SMILES string of the molecule is CN(CC1CC1)C(=S)NC1CCCC1. The minimum absolute atomic E-state index is 0.657. The Bertz CT molecular complexity index is 207. The van der Waals surface area contributed by atoms with E-state index in [1.165, 1.54) is 38.5 Å². The fraction of sp³-hybridized carbons (Fsp3) is 0.909. The van der Waals surface area contributed by atoms with Crippen molar-refractivity contribution < 1.29 is 0 Å². The van der Waals surface area contributed by atoms with Crippen molar-refractivity contribution in [2.75, 3.05) is 13.6 Å². The highest BCUT2D eigenvalue weighted by Gasteiger charge is 2.24. The molecule has 0 aromatic heterocycles. The van der Waals surface area contributed by atoms with E-state index in [9.17, 15) is 0 Å². The van der Waals surface area contributed by atoms with Crippen molar-refractivity contribution in [1.29, 1.82) is 0 Å². The summed E-state index contributed by atoms with van der Waals surface area (Å²) in [5.74, 6) is 0.920. The summed E-state index contributed by atoms with van der Waals surface area (Å²) in [5.41, 5.74) is 0. The van der Waals surface area contributed by atoms with Crippen LogP contribution in [0.15, 0.2) is 0 Å². The van der Waals surface area contributed by atoms with E-state index in [0.29, 0.717) is 6.04 Å². The van der Waals surface area contributed by atoms with E-state index >= 15 is 0 Å². The first-order chi connectivity index (χ1) is 6.75. The molecule has 0 aliphatic heterocycles. The van der Waals surface area contributed by atoms with Crippen LogP contribution in [-0.2, 0) is 0 Å². The largest absolute Gasteiger partial charge is 0.360 e. The smallest absolute Gasteiger partial charge is 0.168 e. The van der Waals surface area contributed by atoms with Gasteiger partial charge in [-0.2, -0.15) is 0 Å². The van der Waals surface area contributed by atoms with Crippen LogP contribution in [0.1, 0.15) is 38.5 Å². The van der Waals surface area contributed by atoms with Gasteiger partial charge in [-0.1, -0.05) is 12.8 Å². The predicted octanol–water partition coefficient (Wildman–Crippen LogP) is 2.15. The second-order valence-electron chi connectivity index (χ2n) is 4.75. The van der Waals surface area contributed by atoms with Crippen LogP contribution in [0.3, 0.4) is 0 Å². The molecule has 2 nitrogen and oxygen atoms in total. The highest BCUT2D eigenvalue weighted by atomic mass is 32.1. The van der Waals surface area contributed by atoms with Crippen molar-refractivity contribution in [3.8, 4) is 0 Å². The van der Waals surface area contributed by atoms with Crippen LogP contribution >= 0.6 is 12.2 Å². The molecule has 0 spiro atoms. The van der Waals surface area contributed by atoms with E-state index < -0.39 is 0 Å². The lowest BCUT2D eigenvalue weighted by atomic mass is 10.2. The van der Waals surface area contributed by atoms with Crippen molar-refractivity contribution in [2.24, 2.45) is 5.92 Å². The van der Waals surface area contributed by atoms with Gasteiger partial charge in [0.05, 0.1) is 0 Å². The summed E-state index contributed by atoms with van der Waals surface area (Å²) in [5, 5.41) is 4.43. The maximum absolute atomic E-state index is 5.37. The maximum atomic E-state index is 5.37. The molecule has 14 heavy (non-hydrogen) atoms. The molecule has 0 aromatic carbocycles. The molecule has 2 rings (SSSR count). The second kappa shape index (κ2) is 4.47. The number of nitrogens with one attached hydrogen (secondary N) is 1. The maximum Gasteiger partial charge on any atom is 0.168 e. The first kappa shape index (κ1) is 10.2. The average Bonchev–Trinajstić information content (AvgIpc) is 2.81. The van der Waals surface area contributed by atoms with Crippen LogP contribution in [0.2, 0.25) is 0 Å². The minimum atomic E-state index is 0.657. The van der Waals surface area contributed by atoms with Gasteiger partial charge in [0, 0.05) is 19.6 Å². The van der Waals surface area contributed by atoms with Crippen LogP contribution < -0.4 is 5.32 Å². The molecule has 3 heteroatoms. The summed E-state index contributed by atoms with van der Waals surface area (Å²) in [4.78, 5) is 2.21. The highest BCUT2D eigenvalue weighted by molar-refractivity contribution is 7.80. The van der Waals surface area contributed by atoms with Crippen LogP contribution in [0.5, 0.6) is 0 Å². The molecular weight excluding hydrogens is 192 g/mol. The van der Waals surface area contributed by atoms with Crippen LogP contribution in [0.4, 0.5) is 0 Å². The van der Waals surface area contributed by atoms with Crippen LogP contribution in [-0.4, -0.2) is 29.6 Å². The molecule has 0 heterocycles. The molecule has 0 radical (unpaired) electrons. The van der Waals surface area contributed by atoms with Gasteiger partial charge in [-0.25, -0.2) is 0 Å². The Labute approximate surface area is 92.0 Å². The van der Waals surface area contributed by atoms with Crippen LogP contribution in [0.25, 0.3) is 0 Å². The molecule has 2 aliphatic carbocycles. The summed E-state index contributed by atoms with van der Waals surface area (Å²) in [7, 11) is 2.11. The molecule has 0 bridgehead atoms. The lowest BCUT2D eigenvalue weighted by Crippen LogP contribution is -2.42. The van der Waals surface area contributed by atoms with E-state index in [2.05, 4.69) is 17.3 Å². The van der Waals surface area contributed by atoms with E-state index in [1.807, 2.05) is 0 Å². The molecular formula is C11H20N2S. The zero-order valence-electron chi connectivity index (χ0n) is 8.96. The third-order valence-corrected chi connectivity index (χ3v) is 3.69. The van der Waals surface area contributed by atoms with Crippen molar-refractivity contribution in [1.82, 2.24) is 10.2 Å². The van der Waals surface area contributed by atoms with E-state index in [0.717, 1.165) is 17.6 Å². The van der Waals surface area contributed by atoms with Crippen molar-refractivity contribution >= 4 is 17.3 Å². The van der Waals surface area contributed by atoms with Gasteiger partial charge in [0.25, 0.3) is 0 Å². The molecule has 0 unspecified atom stereocenters. The Morgan fingerprint density at radius 1 is 1.29 bits per heavy atom. The van der Waals surface area contributed by atoms with Gasteiger partial charge in [0.2, 0.25) is 0 Å².